The van der Waals surface area contributed by atoms with Gasteiger partial charge in [0.25, 0.3) is 0 Å². The third-order valence-electron chi connectivity index (χ3n) is 4.07. The summed E-state index contributed by atoms with van der Waals surface area (Å²) < 4.78 is 24.5. The van der Waals surface area contributed by atoms with Crippen LogP contribution in [0.5, 0.6) is 0 Å². The van der Waals surface area contributed by atoms with Gasteiger partial charge in [0.05, 0.1) is 16.7 Å². The first-order chi connectivity index (χ1) is 12.3. The zero-order valence-electron chi connectivity index (χ0n) is 14.9. The smallest absolute Gasteiger partial charge is 0.221 e. The van der Waals surface area contributed by atoms with Gasteiger partial charge in [-0.2, -0.15) is 0 Å². The van der Waals surface area contributed by atoms with Gasteiger partial charge in [0.15, 0.2) is 9.84 Å². The second-order valence-electron chi connectivity index (χ2n) is 6.22. The predicted molar refractivity (Wildman–Crippen MR) is 104 cm³/mol. The van der Waals surface area contributed by atoms with Crippen LogP contribution in [-0.4, -0.2) is 45.6 Å². The predicted octanol–water partition coefficient (Wildman–Crippen LogP) is 2.92. The summed E-state index contributed by atoms with van der Waals surface area (Å²) in [6, 6.07) is 15.6. The highest BCUT2D eigenvalue weighted by Gasteiger charge is 2.18. The Labute approximate surface area is 159 Å². The van der Waals surface area contributed by atoms with E-state index in [4.69, 9.17) is 11.6 Å². The quantitative estimate of drug-likeness (QED) is 0.747. The molecule has 0 bridgehead atoms. The minimum absolute atomic E-state index is 0.0260. The van der Waals surface area contributed by atoms with Gasteiger partial charge in [0, 0.05) is 18.0 Å². The summed E-state index contributed by atoms with van der Waals surface area (Å²) in [4.78, 5) is 14.3. The minimum atomic E-state index is -3.45. The van der Waals surface area contributed by atoms with Crippen molar-refractivity contribution in [2.75, 3.05) is 26.4 Å². The molecule has 0 saturated heterocycles. The molecule has 26 heavy (non-hydrogen) atoms. The number of halogens is 1. The van der Waals surface area contributed by atoms with Crippen LogP contribution in [0.4, 0.5) is 0 Å². The van der Waals surface area contributed by atoms with Gasteiger partial charge in [0.1, 0.15) is 0 Å². The highest BCUT2D eigenvalue weighted by atomic mass is 35.5. The number of amides is 1. The van der Waals surface area contributed by atoms with Gasteiger partial charge < -0.3 is 10.2 Å². The number of benzene rings is 2. The summed E-state index contributed by atoms with van der Waals surface area (Å²) in [6.45, 7) is 0.388. The van der Waals surface area contributed by atoms with E-state index in [1.165, 1.54) is 12.1 Å². The molecular weight excluding hydrogens is 372 g/mol. The Hall–Kier alpha value is -1.89. The van der Waals surface area contributed by atoms with Crippen LogP contribution in [-0.2, 0) is 14.6 Å². The summed E-state index contributed by atoms with van der Waals surface area (Å²) >= 11 is 5.92. The molecule has 0 aliphatic rings. The molecule has 0 heterocycles. The molecule has 0 fully saturated rings. The standard InChI is InChI=1S/C19H23ClN2O3S/c1-22(2)18(15-8-10-16(20)11-9-15)14-21-19(23)12-13-26(24,25)17-6-4-3-5-7-17/h3-11,18H,12-14H2,1-2H3,(H,21,23). The van der Waals surface area contributed by atoms with Gasteiger partial charge in [-0.15, -0.1) is 0 Å². The van der Waals surface area contributed by atoms with Crippen LogP contribution in [0.1, 0.15) is 18.0 Å². The van der Waals surface area contributed by atoms with Crippen LogP contribution in [0.15, 0.2) is 59.5 Å². The van der Waals surface area contributed by atoms with E-state index >= 15 is 0 Å². The van der Waals surface area contributed by atoms with Gasteiger partial charge in [0.2, 0.25) is 5.91 Å². The maximum absolute atomic E-state index is 12.2. The Morgan fingerprint density at radius 3 is 2.27 bits per heavy atom. The number of carbonyl (C=O) groups is 1. The van der Waals surface area contributed by atoms with E-state index in [-0.39, 0.29) is 29.0 Å². The molecule has 5 nitrogen and oxygen atoms in total. The van der Waals surface area contributed by atoms with Gasteiger partial charge in [-0.05, 0) is 43.9 Å². The van der Waals surface area contributed by atoms with Crippen molar-refractivity contribution >= 4 is 27.3 Å². The van der Waals surface area contributed by atoms with Crippen LogP contribution < -0.4 is 5.32 Å². The average molecular weight is 395 g/mol. The molecule has 1 unspecified atom stereocenters. The number of rotatable bonds is 8. The first-order valence-corrected chi connectivity index (χ1v) is 10.3. The van der Waals surface area contributed by atoms with E-state index in [2.05, 4.69) is 5.32 Å². The SMILES string of the molecule is CN(C)C(CNC(=O)CCS(=O)(=O)c1ccccc1)c1ccc(Cl)cc1. The monoisotopic (exact) mass is 394 g/mol. The second-order valence-corrected chi connectivity index (χ2v) is 8.76. The summed E-state index contributed by atoms with van der Waals surface area (Å²) in [5.41, 5.74) is 1.02. The van der Waals surface area contributed by atoms with Crippen LogP contribution in [0.25, 0.3) is 0 Å². The van der Waals surface area contributed by atoms with E-state index in [1.807, 2.05) is 43.3 Å². The summed E-state index contributed by atoms with van der Waals surface area (Å²) in [5.74, 6) is -0.499. The van der Waals surface area contributed by atoms with Crippen molar-refractivity contribution in [3.05, 3.63) is 65.2 Å². The Kier molecular flexibility index (Phi) is 7.20. The second kappa shape index (κ2) is 9.16. The number of sulfone groups is 1. The van der Waals surface area contributed by atoms with Crippen LogP contribution in [0, 0.1) is 0 Å². The highest BCUT2D eigenvalue weighted by molar-refractivity contribution is 7.91. The van der Waals surface area contributed by atoms with Crippen molar-refractivity contribution in [1.82, 2.24) is 10.2 Å². The molecular formula is C19H23ClN2O3S. The lowest BCUT2D eigenvalue weighted by molar-refractivity contribution is -0.120. The molecule has 0 aliphatic carbocycles. The number of hydrogen-bond acceptors (Lipinski definition) is 4. The molecule has 2 rings (SSSR count). The van der Waals surface area contributed by atoms with E-state index in [0.717, 1.165) is 5.56 Å². The zero-order valence-corrected chi connectivity index (χ0v) is 16.4. The lowest BCUT2D eigenvalue weighted by atomic mass is 10.1. The number of likely N-dealkylation sites (N-methyl/N-ethyl adjacent to an activating group) is 1. The first kappa shape index (κ1) is 20.4. The summed E-state index contributed by atoms with van der Waals surface area (Å²) in [6.07, 6.45) is -0.0714. The van der Waals surface area contributed by atoms with Gasteiger partial charge >= 0.3 is 0 Å². The van der Waals surface area contributed by atoms with Crippen molar-refractivity contribution in [1.29, 1.82) is 0 Å². The zero-order chi connectivity index (χ0) is 19.2. The molecule has 2 aromatic rings. The van der Waals surface area contributed by atoms with E-state index < -0.39 is 9.84 Å². The van der Waals surface area contributed by atoms with Crippen molar-refractivity contribution in [2.24, 2.45) is 0 Å². The number of hydrogen-bond donors (Lipinski definition) is 1. The molecule has 0 spiro atoms. The highest BCUT2D eigenvalue weighted by Crippen LogP contribution is 2.20. The molecule has 2 aromatic carbocycles. The molecule has 0 saturated carbocycles. The topological polar surface area (TPSA) is 66.5 Å². The molecule has 1 atom stereocenters. The fourth-order valence-electron chi connectivity index (χ4n) is 2.56. The minimum Gasteiger partial charge on any atom is -0.354 e. The molecule has 1 N–H and O–H groups in total. The largest absolute Gasteiger partial charge is 0.354 e. The maximum Gasteiger partial charge on any atom is 0.221 e. The third kappa shape index (κ3) is 5.83. The number of nitrogens with one attached hydrogen (secondary N) is 1. The lowest BCUT2D eigenvalue weighted by Gasteiger charge is -2.25. The molecule has 0 aliphatic heterocycles. The van der Waals surface area contributed by atoms with Crippen LogP contribution in [0.3, 0.4) is 0 Å². The normalized spacial score (nSPS) is 12.8. The third-order valence-corrected chi connectivity index (χ3v) is 6.05. The molecule has 140 valence electrons. The summed E-state index contributed by atoms with van der Waals surface area (Å²) in [7, 11) is 0.391. The van der Waals surface area contributed by atoms with Crippen molar-refractivity contribution in [2.45, 2.75) is 17.4 Å². The van der Waals surface area contributed by atoms with Crippen molar-refractivity contribution < 1.29 is 13.2 Å². The van der Waals surface area contributed by atoms with Crippen LogP contribution >= 0.6 is 11.6 Å². The van der Waals surface area contributed by atoms with E-state index in [0.29, 0.717) is 11.6 Å². The Balaban J connectivity index is 1.91. The average Bonchev–Trinajstić information content (AvgIpc) is 2.62. The van der Waals surface area contributed by atoms with Crippen molar-refractivity contribution in [3.8, 4) is 0 Å². The molecule has 0 radical (unpaired) electrons. The van der Waals surface area contributed by atoms with E-state index in [9.17, 15) is 13.2 Å². The fourth-order valence-corrected chi connectivity index (χ4v) is 3.94. The van der Waals surface area contributed by atoms with Gasteiger partial charge in [-0.25, -0.2) is 8.42 Å². The maximum atomic E-state index is 12.2. The Morgan fingerprint density at radius 1 is 1.08 bits per heavy atom. The Bertz CT molecular complexity index is 822. The van der Waals surface area contributed by atoms with E-state index in [1.54, 1.807) is 18.2 Å². The molecule has 1 amide bonds. The molecule has 0 aromatic heterocycles. The molecule has 7 heteroatoms. The van der Waals surface area contributed by atoms with Crippen molar-refractivity contribution in [3.63, 3.8) is 0 Å². The fraction of sp³-hybridized carbons (Fsp3) is 0.316. The van der Waals surface area contributed by atoms with Crippen LogP contribution in [0.2, 0.25) is 5.02 Å². The summed E-state index contributed by atoms with van der Waals surface area (Å²) in [5, 5.41) is 3.48. The first-order valence-electron chi connectivity index (χ1n) is 8.26. The number of nitrogens with zero attached hydrogens (tertiary/aromatic N) is 1. The Morgan fingerprint density at radius 2 is 1.69 bits per heavy atom. The number of carbonyl (C=O) groups excluding carboxylic acids is 1. The van der Waals surface area contributed by atoms with Gasteiger partial charge in [-0.3, -0.25) is 4.79 Å². The lowest BCUT2D eigenvalue weighted by Crippen LogP contribution is -2.35. The van der Waals surface area contributed by atoms with Gasteiger partial charge in [-0.1, -0.05) is 41.9 Å².